The van der Waals surface area contributed by atoms with Crippen LogP contribution >= 0.6 is 0 Å². The number of hydrogen-bond donors (Lipinski definition) is 0. The number of rotatable bonds is 2. The van der Waals surface area contributed by atoms with Crippen molar-refractivity contribution in [3.05, 3.63) is 53.3 Å². The van der Waals surface area contributed by atoms with E-state index in [4.69, 9.17) is 10.00 Å². The van der Waals surface area contributed by atoms with Crippen LogP contribution in [0.5, 0.6) is 11.5 Å². The highest BCUT2D eigenvalue weighted by Gasteiger charge is 2.06. The van der Waals surface area contributed by atoms with E-state index < -0.39 is 0 Å². The van der Waals surface area contributed by atoms with Crippen molar-refractivity contribution in [3.8, 4) is 17.6 Å². The smallest absolute Gasteiger partial charge is 0.163 e. The summed E-state index contributed by atoms with van der Waals surface area (Å²) in [5.41, 5.74) is 2.71. The van der Waals surface area contributed by atoms with E-state index in [2.05, 4.69) is 11.1 Å². The molecule has 17 heavy (non-hydrogen) atoms. The molecule has 2 rings (SSSR count). The summed E-state index contributed by atoms with van der Waals surface area (Å²) in [6.45, 7) is 4.01. The highest BCUT2D eigenvalue weighted by atomic mass is 16.5. The lowest BCUT2D eigenvalue weighted by atomic mass is 10.1. The molecule has 0 aliphatic heterocycles. The van der Waals surface area contributed by atoms with E-state index in [1.165, 1.54) is 5.56 Å². The maximum atomic E-state index is 8.95. The van der Waals surface area contributed by atoms with Gasteiger partial charge >= 0.3 is 0 Å². The zero-order valence-electron chi connectivity index (χ0n) is 9.77. The first kappa shape index (κ1) is 11.2. The molecule has 0 fully saturated rings. The number of hydrogen-bond acceptors (Lipinski definition) is 3. The number of benzene rings is 1. The summed E-state index contributed by atoms with van der Waals surface area (Å²) in [5.74, 6) is 1.24. The van der Waals surface area contributed by atoms with Gasteiger partial charge in [-0.05, 0) is 31.5 Å². The highest BCUT2D eigenvalue weighted by molar-refractivity contribution is 5.45. The maximum absolute atomic E-state index is 8.95. The molecule has 3 heteroatoms. The Bertz CT molecular complexity index is 585. The summed E-state index contributed by atoms with van der Waals surface area (Å²) in [6.07, 6.45) is 3.13. The van der Waals surface area contributed by atoms with Gasteiger partial charge in [0.05, 0.1) is 11.8 Å². The van der Waals surface area contributed by atoms with Crippen LogP contribution < -0.4 is 4.74 Å². The van der Waals surface area contributed by atoms with Crippen molar-refractivity contribution < 1.29 is 4.74 Å². The lowest BCUT2D eigenvalue weighted by molar-refractivity contribution is 0.475. The molecule has 2 aromatic rings. The van der Waals surface area contributed by atoms with Gasteiger partial charge < -0.3 is 4.74 Å². The Morgan fingerprint density at radius 2 is 2.00 bits per heavy atom. The standard InChI is InChI=1S/C14H12N2O/c1-10-3-4-13(11(2)7-10)17-14-9-16-6-5-12(14)8-15/h3-7,9H,1-2H3. The summed E-state index contributed by atoms with van der Waals surface area (Å²) in [6, 6.07) is 9.64. The van der Waals surface area contributed by atoms with E-state index in [-0.39, 0.29) is 0 Å². The van der Waals surface area contributed by atoms with Crippen LogP contribution in [0.15, 0.2) is 36.7 Å². The Labute approximate surface area is 100 Å². The van der Waals surface area contributed by atoms with Gasteiger partial charge in [-0.25, -0.2) is 0 Å². The van der Waals surface area contributed by atoms with E-state index in [0.717, 1.165) is 11.3 Å². The van der Waals surface area contributed by atoms with Crippen molar-refractivity contribution in [1.29, 1.82) is 5.26 Å². The summed E-state index contributed by atoms with van der Waals surface area (Å²) in [4.78, 5) is 3.96. The van der Waals surface area contributed by atoms with Gasteiger partial charge in [-0.15, -0.1) is 0 Å². The van der Waals surface area contributed by atoms with Gasteiger partial charge in [-0.1, -0.05) is 17.7 Å². The van der Waals surface area contributed by atoms with Gasteiger partial charge in [0, 0.05) is 6.20 Å². The van der Waals surface area contributed by atoms with Crippen molar-refractivity contribution in [1.82, 2.24) is 4.98 Å². The maximum Gasteiger partial charge on any atom is 0.163 e. The van der Waals surface area contributed by atoms with Gasteiger partial charge in [-0.2, -0.15) is 5.26 Å². The summed E-state index contributed by atoms with van der Waals surface area (Å²) >= 11 is 0. The number of nitrogens with zero attached hydrogens (tertiary/aromatic N) is 2. The molecule has 0 N–H and O–H groups in total. The lowest BCUT2D eigenvalue weighted by Crippen LogP contribution is -1.91. The molecule has 0 saturated carbocycles. The minimum atomic E-state index is 0.486. The van der Waals surface area contributed by atoms with Crippen LogP contribution in [0.3, 0.4) is 0 Å². The minimum absolute atomic E-state index is 0.486. The van der Waals surface area contributed by atoms with Crippen LogP contribution in [0, 0.1) is 25.2 Å². The first-order valence-electron chi connectivity index (χ1n) is 5.30. The molecule has 3 nitrogen and oxygen atoms in total. The van der Waals surface area contributed by atoms with Gasteiger partial charge in [0.25, 0.3) is 0 Å². The third-order valence-corrected chi connectivity index (χ3v) is 2.46. The Morgan fingerprint density at radius 3 is 2.71 bits per heavy atom. The third-order valence-electron chi connectivity index (χ3n) is 2.46. The Hall–Kier alpha value is -2.34. The second-order valence-electron chi connectivity index (χ2n) is 3.85. The summed E-state index contributed by atoms with van der Waals surface area (Å²) < 4.78 is 5.70. The normalized spacial score (nSPS) is 9.71. The zero-order valence-corrected chi connectivity index (χ0v) is 9.77. The fraction of sp³-hybridized carbons (Fsp3) is 0.143. The SMILES string of the molecule is Cc1ccc(Oc2cnccc2C#N)c(C)c1. The molecule has 1 aromatic heterocycles. The summed E-state index contributed by atoms with van der Waals surface area (Å²) in [7, 11) is 0. The molecular weight excluding hydrogens is 212 g/mol. The Kier molecular flexibility index (Phi) is 3.06. The predicted molar refractivity (Wildman–Crippen MR) is 64.9 cm³/mol. The van der Waals surface area contributed by atoms with Gasteiger partial charge in [0.1, 0.15) is 11.8 Å². The number of aryl methyl sites for hydroxylation is 2. The molecule has 1 heterocycles. The monoisotopic (exact) mass is 224 g/mol. The topological polar surface area (TPSA) is 45.9 Å². The molecule has 0 unspecified atom stereocenters. The zero-order chi connectivity index (χ0) is 12.3. The van der Waals surface area contributed by atoms with Crippen LogP contribution in [0.1, 0.15) is 16.7 Å². The average Bonchev–Trinajstić information content (AvgIpc) is 2.33. The van der Waals surface area contributed by atoms with E-state index in [9.17, 15) is 0 Å². The van der Waals surface area contributed by atoms with Crippen molar-refractivity contribution in [2.45, 2.75) is 13.8 Å². The molecule has 0 bridgehead atoms. The second-order valence-corrected chi connectivity index (χ2v) is 3.85. The number of ether oxygens (including phenoxy) is 1. The first-order chi connectivity index (χ1) is 8.20. The van der Waals surface area contributed by atoms with Crippen molar-refractivity contribution >= 4 is 0 Å². The number of aromatic nitrogens is 1. The molecule has 0 atom stereocenters. The van der Waals surface area contributed by atoms with Gasteiger partial charge in [0.15, 0.2) is 5.75 Å². The molecule has 0 aliphatic carbocycles. The molecule has 0 amide bonds. The number of pyridine rings is 1. The minimum Gasteiger partial charge on any atom is -0.454 e. The molecule has 0 spiro atoms. The van der Waals surface area contributed by atoms with Crippen LogP contribution in [0.25, 0.3) is 0 Å². The summed E-state index contributed by atoms with van der Waals surface area (Å²) in [5, 5.41) is 8.95. The first-order valence-corrected chi connectivity index (χ1v) is 5.30. The Balaban J connectivity index is 2.35. The predicted octanol–water partition coefficient (Wildman–Crippen LogP) is 3.36. The lowest BCUT2D eigenvalue weighted by Gasteiger charge is -2.09. The van der Waals surface area contributed by atoms with E-state index in [1.807, 2.05) is 32.0 Å². The van der Waals surface area contributed by atoms with Gasteiger partial charge in [-0.3, -0.25) is 4.98 Å². The van der Waals surface area contributed by atoms with Crippen molar-refractivity contribution in [2.75, 3.05) is 0 Å². The number of nitriles is 1. The molecule has 1 aromatic carbocycles. The Morgan fingerprint density at radius 1 is 1.18 bits per heavy atom. The second kappa shape index (κ2) is 4.67. The van der Waals surface area contributed by atoms with E-state index in [1.54, 1.807) is 18.5 Å². The van der Waals surface area contributed by atoms with Crippen LogP contribution in [-0.4, -0.2) is 4.98 Å². The molecule has 0 aliphatic rings. The van der Waals surface area contributed by atoms with E-state index in [0.29, 0.717) is 11.3 Å². The average molecular weight is 224 g/mol. The van der Waals surface area contributed by atoms with E-state index >= 15 is 0 Å². The molecule has 0 radical (unpaired) electrons. The largest absolute Gasteiger partial charge is 0.454 e. The quantitative estimate of drug-likeness (QED) is 0.785. The highest BCUT2D eigenvalue weighted by Crippen LogP contribution is 2.27. The van der Waals surface area contributed by atoms with Crippen molar-refractivity contribution in [3.63, 3.8) is 0 Å². The fourth-order valence-corrected chi connectivity index (χ4v) is 1.59. The van der Waals surface area contributed by atoms with Crippen LogP contribution in [0.2, 0.25) is 0 Å². The molecule has 0 saturated heterocycles. The fourth-order valence-electron chi connectivity index (χ4n) is 1.59. The molecular formula is C14H12N2O. The van der Waals surface area contributed by atoms with Crippen LogP contribution in [-0.2, 0) is 0 Å². The van der Waals surface area contributed by atoms with Gasteiger partial charge in [0.2, 0.25) is 0 Å². The van der Waals surface area contributed by atoms with Crippen molar-refractivity contribution in [2.24, 2.45) is 0 Å². The third kappa shape index (κ3) is 2.43. The van der Waals surface area contributed by atoms with Crippen LogP contribution in [0.4, 0.5) is 0 Å². The molecule has 84 valence electrons.